The predicted octanol–water partition coefficient (Wildman–Crippen LogP) is 3.46. The molecule has 4 heteroatoms. The summed E-state index contributed by atoms with van der Waals surface area (Å²) in [5.74, 6) is -0.106. The van der Waals surface area contributed by atoms with Gasteiger partial charge in [-0.05, 0) is 35.7 Å². The van der Waals surface area contributed by atoms with E-state index < -0.39 is 0 Å². The van der Waals surface area contributed by atoms with Gasteiger partial charge in [-0.1, -0.05) is 0 Å². The first-order valence-corrected chi connectivity index (χ1v) is 6.04. The van der Waals surface area contributed by atoms with E-state index in [4.69, 9.17) is 0 Å². The van der Waals surface area contributed by atoms with Gasteiger partial charge in [0.2, 0.25) is 0 Å². The quantitative estimate of drug-likeness (QED) is 0.881. The number of rotatable bonds is 3. The number of hydrogen-bond acceptors (Lipinski definition) is 2. The molecule has 1 unspecified atom stereocenters. The molecule has 1 N–H and O–H groups in total. The molecule has 0 bridgehead atoms. The summed E-state index contributed by atoms with van der Waals surface area (Å²) in [6.07, 6.45) is 2.47. The fourth-order valence-electron chi connectivity index (χ4n) is 1.31. The average molecular weight is 264 g/mol. The van der Waals surface area contributed by atoms with Gasteiger partial charge in [0, 0.05) is 17.5 Å². The molecule has 0 aromatic carbocycles. The van der Waals surface area contributed by atoms with Crippen LogP contribution in [-0.2, 0) is 0 Å². The molecule has 1 fully saturated rings. The van der Waals surface area contributed by atoms with Crippen LogP contribution in [0.5, 0.6) is 0 Å². The van der Waals surface area contributed by atoms with Gasteiger partial charge in [-0.25, -0.2) is 4.39 Å². The minimum atomic E-state index is -0.106. The Morgan fingerprint density at radius 1 is 1.69 bits per heavy atom. The van der Waals surface area contributed by atoms with Gasteiger partial charge in [0.25, 0.3) is 0 Å². The van der Waals surface area contributed by atoms with Crippen molar-refractivity contribution in [3.05, 3.63) is 20.5 Å². The van der Waals surface area contributed by atoms with E-state index in [0.29, 0.717) is 10.5 Å². The van der Waals surface area contributed by atoms with Gasteiger partial charge in [0.05, 0.1) is 9.35 Å². The SMILES string of the molecule is CC(NC1CC1)c1scc(Br)c1F. The molecule has 0 aliphatic heterocycles. The molecule has 0 radical (unpaired) electrons. The van der Waals surface area contributed by atoms with Gasteiger partial charge < -0.3 is 5.32 Å². The third kappa shape index (κ3) is 2.11. The van der Waals surface area contributed by atoms with Crippen LogP contribution in [0.4, 0.5) is 4.39 Å². The fraction of sp³-hybridized carbons (Fsp3) is 0.556. The zero-order valence-electron chi connectivity index (χ0n) is 7.31. The van der Waals surface area contributed by atoms with Gasteiger partial charge in [-0.3, -0.25) is 0 Å². The summed E-state index contributed by atoms with van der Waals surface area (Å²) in [7, 11) is 0. The predicted molar refractivity (Wildman–Crippen MR) is 56.5 cm³/mol. The molecule has 1 aliphatic rings. The van der Waals surface area contributed by atoms with Crippen molar-refractivity contribution >= 4 is 27.3 Å². The van der Waals surface area contributed by atoms with Crippen molar-refractivity contribution in [1.82, 2.24) is 5.32 Å². The Morgan fingerprint density at radius 2 is 2.38 bits per heavy atom. The maximum absolute atomic E-state index is 13.4. The molecule has 13 heavy (non-hydrogen) atoms. The Bertz CT molecular complexity index is 309. The minimum Gasteiger partial charge on any atom is -0.307 e. The van der Waals surface area contributed by atoms with Crippen molar-refractivity contribution in [2.75, 3.05) is 0 Å². The molecule has 0 amide bonds. The van der Waals surface area contributed by atoms with Crippen LogP contribution in [0.2, 0.25) is 0 Å². The maximum Gasteiger partial charge on any atom is 0.152 e. The second kappa shape index (κ2) is 3.67. The monoisotopic (exact) mass is 263 g/mol. The Labute approximate surface area is 89.5 Å². The largest absolute Gasteiger partial charge is 0.307 e. The zero-order valence-corrected chi connectivity index (χ0v) is 9.71. The molecule has 1 heterocycles. The van der Waals surface area contributed by atoms with E-state index >= 15 is 0 Å². The number of halogens is 2. The lowest BCUT2D eigenvalue weighted by Crippen LogP contribution is -2.20. The van der Waals surface area contributed by atoms with Gasteiger partial charge in [-0.15, -0.1) is 11.3 Å². The van der Waals surface area contributed by atoms with Gasteiger partial charge in [0.1, 0.15) is 0 Å². The summed E-state index contributed by atoms with van der Waals surface area (Å²) in [5.41, 5.74) is 0. The summed E-state index contributed by atoms with van der Waals surface area (Å²) < 4.78 is 14.0. The summed E-state index contributed by atoms with van der Waals surface area (Å²) >= 11 is 4.64. The molecule has 0 spiro atoms. The van der Waals surface area contributed by atoms with Gasteiger partial charge in [0.15, 0.2) is 5.82 Å². The number of thiophene rings is 1. The van der Waals surface area contributed by atoms with E-state index in [0.717, 1.165) is 4.88 Å². The lowest BCUT2D eigenvalue weighted by molar-refractivity contribution is 0.536. The van der Waals surface area contributed by atoms with E-state index in [2.05, 4.69) is 21.2 Å². The summed E-state index contributed by atoms with van der Waals surface area (Å²) in [6, 6.07) is 0.763. The highest BCUT2D eigenvalue weighted by Gasteiger charge is 2.25. The third-order valence-electron chi connectivity index (χ3n) is 2.17. The number of nitrogens with one attached hydrogen (secondary N) is 1. The van der Waals surface area contributed by atoms with E-state index in [1.165, 1.54) is 24.2 Å². The maximum atomic E-state index is 13.4. The normalized spacial score (nSPS) is 19.0. The van der Waals surface area contributed by atoms with Crippen LogP contribution >= 0.6 is 27.3 Å². The first-order chi connectivity index (χ1) is 6.18. The van der Waals surface area contributed by atoms with Gasteiger partial charge >= 0.3 is 0 Å². The van der Waals surface area contributed by atoms with E-state index in [-0.39, 0.29) is 11.9 Å². The molecular weight excluding hydrogens is 253 g/mol. The van der Waals surface area contributed by atoms with Crippen LogP contribution in [0.3, 0.4) is 0 Å². The Kier molecular flexibility index (Phi) is 2.72. The zero-order chi connectivity index (χ0) is 9.42. The molecule has 1 aliphatic carbocycles. The molecule has 1 aromatic heterocycles. The second-order valence-electron chi connectivity index (χ2n) is 3.42. The standard InChI is InChI=1S/C9H11BrFNS/c1-5(12-6-2-3-6)9-8(11)7(10)4-13-9/h4-6,12H,2-3H2,1H3. The highest BCUT2D eigenvalue weighted by molar-refractivity contribution is 9.10. The van der Waals surface area contributed by atoms with E-state index in [1.807, 2.05) is 6.92 Å². The van der Waals surface area contributed by atoms with Crippen LogP contribution < -0.4 is 5.32 Å². The van der Waals surface area contributed by atoms with Crippen LogP contribution in [0, 0.1) is 5.82 Å². The van der Waals surface area contributed by atoms with Crippen molar-refractivity contribution < 1.29 is 4.39 Å². The van der Waals surface area contributed by atoms with E-state index in [1.54, 1.807) is 5.38 Å². The molecule has 72 valence electrons. The summed E-state index contributed by atoms with van der Waals surface area (Å²) in [5, 5.41) is 5.18. The van der Waals surface area contributed by atoms with Crippen LogP contribution in [0.15, 0.2) is 9.85 Å². The number of hydrogen-bond donors (Lipinski definition) is 1. The molecule has 1 atom stereocenters. The van der Waals surface area contributed by atoms with E-state index in [9.17, 15) is 4.39 Å². The van der Waals surface area contributed by atoms with Crippen LogP contribution in [0.25, 0.3) is 0 Å². The summed E-state index contributed by atoms with van der Waals surface area (Å²) in [6.45, 7) is 2.01. The first-order valence-electron chi connectivity index (χ1n) is 4.37. The third-order valence-corrected chi connectivity index (χ3v) is 4.19. The molecular formula is C9H11BrFNS. The molecule has 1 aromatic rings. The Balaban J connectivity index is 2.09. The van der Waals surface area contributed by atoms with Crippen molar-refractivity contribution in [3.63, 3.8) is 0 Å². The van der Waals surface area contributed by atoms with Gasteiger partial charge in [-0.2, -0.15) is 0 Å². The molecule has 2 rings (SSSR count). The first kappa shape index (κ1) is 9.62. The van der Waals surface area contributed by atoms with Crippen molar-refractivity contribution in [2.45, 2.75) is 31.8 Å². The minimum absolute atomic E-state index is 0.106. The lowest BCUT2D eigenvalue weighted by Gasteiger charge is -2.10. The molecule has 0 saturated heterocycles. The average Bonchev–Trinajstić information content (AvgIpc) is 2.82. The Morgan fingerprint density at radius 3 is 2.85 bits per heavy atom. The van der Waals surface area contributed by atoms with Crippen LogP contribution in [0.1, 0.15) is 30.7 Å². The molecule has 1 nitrogen and oxygen atoms in total. The Hall–Kier alpha value is 0.0700. The fourth-order valence-corrected chi connectivity index (χ4v) is 2.75. The molecule has 1 saturated carbocycles. The highest BCUT2D eigenvalue weighted by Crippen LogP contribution is 2.32. The van der Waals surface area contributed by atoms with Crippen molar-refractivity contribution in [3.8, 4) is 0 Å². The highest BCUT2D eigenvalue weighted by atomic mass is 79.9. The smallest absolute Gasteiger partial charge is 0.152 e. The van der Waals surface area contributed by atoms with Crippen LogP contribution in [-0.4, -0.2) is 6.04 Å². The lowest BCUT2D eigenvalue weighted by atomic mass is 10.2. The van der Waals surface area contributed by atoms with Crippen molar-refractivity contribution in [1.29, 1.82) is 0 Å². The summed E-state index contributed by atoms with van der Waals surface area (Å²) in [4.78, 5) is 0.804. The second-order valence-corrected chi connectivity index (χ2v) is 5.19. The van der Waals surface area contributed by atoms with Crippen molar-refractivity contribution in [2.24, 2.45) is 0 Å². The topological polar surface area (TPSA) is 12.0 Å².